The molecule has 7 nitrogen and oxygen atoms in total. The molecule has 0 atom stereocenters. The Morgan fingerprint density at radius 3 is 2.58 bits per heavy atom. The summed E-state index contributed by atoms with van der Waals surface area (Å²) in [4.78, 5) is 23.4. The van der Waals surface area contributed by atoms with E-state index in [9.17, 15) is 4.79 Å². The monoisotopic (exact) mass is 560 g/mol. The molecule has 0 aliphatic heterocycles. The first-order valence-electron chi connectivity index (χ1n) is 10.9. The summed E-state index contributed by atoms with van der Waals surface area (Å²) >= 11 is 0. The molecule has 0 bridgehead atoms. The van der Waals surface area contributed by atoms with Gasteiger partial charge in [0.2, 0.25) is 0 Å². The molecule has 3 aromatic rings. The van der Waals surface area contributed by atoms with Gasteiger partial charge in [-0.1, -0.05) is 30.3 Å². The summed E-state index contributed by atoms with van der Waals surface area (Å²) in [6.07, 6.45) is 0.790. The van der Waals surface area contributed by atoms with Gasteiger partial charge in [-0.15, -0.1) is 24.0 Å². The smallest absolute Gasteiger partial charge is 0.251 e. The Bertz CT molecular complexity index is 1100. The van der Waals surface area contributed by atoms with Crippen molar-refractivity contribution in [2.75, 3.05) is 39.1 Å². The fourth-order valence-corrected chi connectivity index (χ4v) is 3.44. The van der Waals surface area contributed by atoms with Crippen LogP contribution in [0.2, 0.25) is 0 Å². The van der Waals surface area contributed by atoms with Crippen LogP contribution in [0.5, 0.6) is 0 Å². The fourth-order valence-electron chi connectivity index (χ4n) is 3.44. The average molecular weight is 560 g/mol. The Hall–Kier alpha value is -2.88. The highest BCUT2D eigenvalue weighted by atomic mass is 127. The molecule has 0 saturated carbocycles. The minimum absolute atomic E-state index is 0. The minimum Gasteiger partial charge on any atom is -0.363 e. The number of guanidine groups is 1. The van der Waals surface area contributed by atoms with Gasteiger partial charge < -0.3 is 20.9 Å². The maximum absolute atomic E-state index is 11.8. The summed E-state index contributed by atoms with van der Waals surface area (Å²) in [5, 5.41) is 10.5. The molecule has 0 aliphatic rings. The number of para-hydroxylation sites is 1. The van der Waals surface area contributed by atoms with E-state index < -0.39 is 0 Å². The first-order valence-corrected chi connectivity index (χ1v) is 10.9. The van der Waals surface area contributed by atoms with Gasteiger partial charge in [-0.2, -0.15) is 0 Å². The van der Waals surface area contributed by atoms with Gasteiger partial charge in [-0.25, -0.2) is 9.98 Å². The van der Waals surface area contributed by atoms with Gasteiger partial charge in [-0.3, -0.25) is 4.79 Å². The maximum atomic E-state index is 11.8. The zero-order valence-corrected chi connectivity index (χ0v) is 22.0. The molecule has 1 amide bonds. The molecular formula is C25H33IN6O. The van der Waals surface area contributed by atoms with Gasteiger partial charge in [0.05, 0.1) is 12.1 Å². The van der Waals surface area contributed by atoms with Crippen molar-refractivity contribution in [3.05, 3.63) is 71.3 Å². The van der Waals surface area contributed by atoms with Crippen LogP contribution in [0.25, 0.3) is 10.9 Å². The van der Waals surface area contributed by atoms with Crippen LogP contribution < -0.4 is 20.9 Å². The van der Waals surface area contributed by atoms with E-state index in [4.69, 9.17) is 9.98 Å². The lowest BCUT2D eigenvalue weighted by Gasteiger charge is -2.15. The molecule has 0 spiro atoms. The van der Waals surface area contributed by atoms with E-state index in [0.717, 1.165) is 46.8 Å². The lowest BCUT2D eigenvalue weighted by molar-refractivity contribution is 0.0963. The number of hydrogen-bond acceptors (Lipinski definition) is 4. The van der Waals surface area contributed by atoms with Crippen LogP contribution in [0.3, 0.4) is 0 Å². The topological polar surface area (TPSA) is 81.7 Å². The summed E-state index contributed by atoms with van der Waals surface area (Å²) in [5.41, 5.74) is 3.88. The van der Waals surface area contributed by atoms with Crippen LogP contribution in [0.4, 0.5) is 5.82 Å². The van der Waals surface area contributed by atoms with Gasteiger partial charge in [0.1, 0.15) is 5.82 Å². The van der Waals surface area contributed by atoms with Gasteiger partial charge in [0.15, 0.2) is 5.96 Å². The van der Waals surface area contributed by atoms with E-state index >= 15 is 0 Å². The van der Waals surface area contributed by atoms with E-state index in [2.05, 4.69) is 35.0 Å². The molecule has 3 rings (SSSR count). The molecule has 0 radical (unpaired) electrons. The molecule has 1 heterocycles. The van der Waals surface area contributed by atoms with Crippen LogP contribution >= 0.6 is 24.0 Å². The lowest BCUT2D eigenvalue weighted by Crippen LogP contribution is -2.38. The van der Waals surface area contributed by atoms with Crippen molar-refractivity contribution in [1.29, 1.82) is 0 Å². The zero-order chi connectivity index (χ0) is 22.9. The van der Waals surface area contributed by atoms with Crippen LogP contribution in [0.15, 0.2) is 59.6 Å². The number of pyridine rings is 1. The van der Waals surface area contributed by atoms with E-state index in [0.29, 0.717) is 18.7 Å². The second kappa shape index (κ2) is 13.0. The highest BCUT2D eigenvalue weighted by Crippen LogP contribution is 2.22. The standard InChI is InChI=1S/C25H32N6O.HI/c1-5-27-25(28-14-13-18-9-8-10-19(15-18)24(32)26-2)29-17-20-16-23(31(3)4)30-22-12-7-6-11-21(20)22;/h6-12,15-16H,5,13-14,17H2,1-4H3,(H,26,32)(H2,27,28,29);1H. The average Bonchev–Trinajstić information content (AvgIpc) is 2.81. The molecule has 33 heavy (non-hydrogen) atoms. The number of nitrogens with one attached hydrogen (secondary N) is 3. The molecule has 0 fully saturated rings. The van der Waals surface area contributed by atoms with Crippen LogP contribution in [-0.2, 0) is 13.0 Å². The molecule has 0 aliphatic carbocycles. The van der Waals surface area contributed by atoms with E-state index in [1.54, 1.807) is 7.05 Å². The van der Waals surface area contributed by atoms with Crippen molar-refractivity contribution < 1.29 is 4.79 Å². The van der Waals surface area contributed by atoms with Crippen molar-refractivity contribution in [3.63, 3.8) is 0 Å². The van der Waals surface area contributed by atoms with Gasteiger partial charge in [-0.05, 0) is 48.7 Å². The highest BCUT2D eigenvalue weighted by Gasteiger charge is 2.08. The van der Waals surface area contributed by atoms with Crippen LogP contribution in [0.1, 0.15) is 28.4 Å². The molecule has 176 valence electrons. The predicted molar refractivity (Wildman–Crippen MR) is 148 cm³/mol. The number of anilines is 1. The third-order valence-corrected chi connectivity index (χ3v) is 5.12. The van der Waals surface area contributed by atoms with Crippen molar-refractivity contribution in [1.82, 2.24) is 20.9 Å². The second-order valence-electron chi connectivity index (χ2n) is 7.70. The number of carbonyl (C=O) groups is 1. The molecule has 0 unspecified atom stereocenters. The minimum atomic E-state index is -0.0728. The summed E-state index contributed by atoms with van der Waals surface area (Å²) in [7, 11) is 5.63. The summed E-state index contributed by atoms with van der Waals surface area (Å²) < 4.78 is 0. The Balaban J connectivity index is 0.00000385. The first kappa shape index (κ1) is 26.4. The SMILES string of the molecule is CCNC(=NCc1cc(N(C)C)nc2ccccc12)NCCc1cccc(C(=O)NC)c1.I. The largest absolute Gasteiger partial charge is 0.363 e. The van der Waals surface area contributed by atoms with E-state index in [-0.39, 0.29) is 29.9 Å². The Morgan fingerprint density at radius 2 is 1.85 bits per heavy atom. The first-order chi connectivity index (χ1) is 15.5. The normalized spacial score (nSPS) is 11.0. The number of halogens is 1. The second-order valence-corrected chi connectivity index (χ2v) is 7.70. The van der Waals surface area contributed by atoms with Gasteiger partial charge >= 0.3 is 0 Å². The Labute approximate surface area is 213 Å². The summed E-state index contributed by atoms with van der Waals surface area (Å²) in [5.74, 6) is 1.61. The van der Waals surface area contributed by atoms with Crippen LogP contribution in [0, 0.1) is 0 Å². The van der Waals surface area contributed by atoms with Gasteiger partial charge in [0, 0.05) is 45.2 Å². The number of carbonyl (C=O) groups excluding carboxylic acids is 1. The van der Waals surface area contributed by atoms with E-state index in [1.807, 2.05) is 61.5 Å². The van der Waals surface area contributed by atoms with Crippen molar-refractivity contribution in [2.45, 2.75) is 19.9 Å². The number of benzene rings is 2. The molecule has 3 N–H and O–H groups in total. The molecule has 0 saturated heterocycles. The highest BCUT2D eigenvalue weighted by molar-refractivity contribution is 14.0. The zero-order valence-electron chi connectivity index (χ0n) is 19.7. The quantitative estimate of drug-likeness (QED) is 0.223. The molecule has 1 aromatic heterocycles. The number of nitrogens with zero attached hydrogens (tertiary/aromatic N) is 3. The fraction of sp³-hybridized carbons (Fsp3) is 0.320. The van der Waals surface area contributed by atoms with Crippen molar-refractivity contribution >= 4 is 52.6 Å². The van der Waals surface area contributed by atoms with Gasteiger partial charge in [0.25, 0.3) is 5.91 Å². The summed E-state index contributed by atoms with van der Waals surface area (Å²) in [6.45, 7) is 4.09. The molecule has 2 aromatic carbocycles. The number of aliphatic imine (C=N–C) groups is 1. The van der Waals surface area contributed by atoms with Crippen LogP contribution in [-0.4, -0.2) is 51.1 Å². The molecular weight excluding hydrogens is 527 g/mol. The van der Waals surface area contributed by atoms with Crippen molar-refractivity contribution in [3.8, 4) is 0 Å². The maximum Gasteiger partial charge on any atom is 0.251 e. The Morgan fingerprint density at radius 1 is 1.06 bits per heavy atom. The Kier molecular flexibility index (Phi) is 10.4. The number of fused-ring (bicyclic) bond motifs is 1. The predicted octanol–water partition coefficient (Wildman–Crippen LogP) is 3.58. The van der Waals surface area contributed by atoms with E-state index in [1.165, 1.54) is 0 Å². The lowest BCUT2D eigenvalue weighted by atomic mass is 10.1. The number of amides is 1. The molecule has 8 heteroatoms. The summed E-state index contributed by atoms with van der Waals surface area (Å²) in [6, 6.07) is 18.0. The number of hydrogen-bond donors (Lipinski definition) is 3. The number of rotatable bonds is 8. The third kappa shape index (κ3) is 7.31. The number of aromatic nitrogens is 1. The van der Waals surface area contributed by atoms with Crippen molar-refractivity contribution in [2.24, 2.45) is 4.99 Å². The third-order valence-electron chi connectivity index (χ3n) is 5.12.